The van der Waals surface area contributed by atoms with E-state index in [-0.39, 0.29) is 18.7 Å². The second kappa shape index (κ2) is 8.05. The zero-order valence-corrected chi connectivity index (χ0v) is 11.7. The van der Waals surface area contributed by atoms with Gasteiger partial charge < -0.3 is 15.7 Å². The number of hydrogen-bond acceptors (Lipinski definition) is 4. The van der Waals surface area contributed by atoms with E-state index in [9.17, 15) is 4.79 Å². The number of aliphatic hydroxyl groups excluding tert-OH is 1. The summed E-state index contributed by atoms with van der Waals surface area (Å²) in [4.78, 5) is 16.9. The highest BCUT2D eigenvalue weighted by Crippen LogP contribution is 2.10. The zero-order chi connectivity index (χ0) is 13.4. The van der Waals surface area contributed by atoms with Crippen LogP contribution in [0.3, 0.4) is 0 Å². The Morgan fingerprint density at radius 3 is 3.00 bits per heavy atom. The van der Waals surface area contributed by atoms with Crippen LogP contribution in [0.5, 0.6) is 0 Å². The highest BCUT2D eigenvalue weighted by Gasteiger charge is 2.06. The van der Waals surface area contributed by atoms with Gasteiger partial charge in [0, 0.05) is 36.7 Å². The Kier molecular flexibility index (Phi) is 6.67. The van der Waals surface area contributed by atoms with Crippen LogP contribution in [0.25, 0.3) is 0 Å². The second-order valence-corrected chi connectivity index (χ2v) is 5.60. The lowest BCUT2D eigenvalue weighted by Crippen LogP contribution is -2.41. The van der Waals surface area contributed by atoms with Gasteiger partial charge >= 0.3 is 6.03 Å². The van der Waals surface area contributed by atoms with Gasteiger partial charge in [-0.1, -0.05) is 0 Å². The van der Waals surface area contributed by atoms with Gasteiger partial charge in [0.05, 0.1) is 5.01 Å². The summed E-state index contributed by atoms with van der Waals surface area (Å²) in [5.41, 5.74) is 0. The molecule has 1 aromatic rings. The van der Waals surface area contributed by atoms with Crippen molar-refractivity contribution in [1.82, 2.24) is 15.6 Å². The SMILES string of the molecule is Cc1cnc(CCNC(=O)NC(C)CCCO)s1. The molecule has 0 aromatic carbocycles. The Labute approximate surface area is 112 Å². The summed E-state index contributed by atoms with van der Waals surface area (Å²) in [6.45, 7) is 4.70. The van der Waals surface area contributed by atoms with Crippen LogP contribution in [-0.2, 0) is 6.42 Å². The molecule has 102 valence electrons. The summed E-state index contributed by atoms with van der Waals surface area (Å²) >= 11 is 1.65. The van der Waals surface area contributed by atoms with Crippen LogP contribution in [0, 0.1) is 6.92 Å². The standard InChI is InChI=1S/C12H21N3O2S/c1-9(4-3-7-16)15-12(17)13-6-5-11-14-8-10(2)18-11/h8-9,16H,3-7H2,1-2H3,(H2,13,15,17). The molecule has 0 fully saturated rings. The monoisotopic (exact) mass is 271 g/mol. The summed E-state index contributed by atoms with van der Waals surface area (Å²) < 4.78 is 0. The second-order valence-electron chi connectivity index (χ2n) is 4.28. The predicted octanol–water partition coefficient (Wildman–Crippen LogP) is 1.45. The lowest BCUT2D eigenvalue weighted by molar-refractivity contribution is 0.234. The fourth-order valence-electron chi connectivity index (χ4n) is 1.54. The third-order valence-corrected chi connectivity index (χ3v) is 3.44. The topological polar surface area (TPSA) is 74.2 Å². The molecule has 5 nitrogen and oxygen atoms in total. The van der Waals surface area contributed by atoms with E-state index >= 15 is 0 Å². The van der Waals surface area contributed by atoms with Gasteiger partial charge in [0.1, 0.15) is 0 Å². The number of aromatic nitrogens is 1. The molecule has 0 radical (unpaired) electrons. The van der Waals surface area contributed by atoms with E-state index in [4.69, 9.17) is 5.11 Å². The van der Waals surface area contributed by atoms with E-state index in [1.807, 2.05) is 20.0 Å². The number of thiazole rings is 1. The van der Waals surface area contributed by atoms with Crippen molar-refractivity contribution in [3.63, 3.8) is 0 Å². The van der Waals surface area contributed by atoms with Gasteiger partial charge in [-0.05, 0) is 26.7 Å². The minimum atomic E-state index is -0.159. The van der Waals surface area contributed by atoms with Crippen molar-refractivity contribution in [2.24, 2.45) is 0 Å². The number of rotatable bonds is 7. The van der Waals surface area contributed by atoms with E-state index < -0.39 is 0 Å². The molecular weight excluding hydrogens is 250 g/mol. The average Bonchev–Trinajstić information content (AvgIpc) is 2.72. The van der Waals surface area contributed by atoms with E-state index in [0.29, 0.717) is 13.0 Å². The summed E-state index contributed by atoms with van der Waals surface area (Å²) in [5.74, 6) is 0. The summed E-state index contributed by atoms with van der Waals surface area (Å²) in [6.07, 6.45) is 4.10. The van der Waals surface area contributed by atoms with Crippen molar-refractivity contribution in [3.05, 3.63) is 16.1 Å². The first-order chi connectivity index (χ1) is 8.61. The first-order valence-corrected chi connectivity index (χ1v) is 7.00. The van der Waals surface area contributed by atoms with Crippen molar-refractivity contribution in [3.8, 4) is 0 Å². The largest absolute Gasteiger partial charge is 0.396 e. The molecule has 1 rings (SSSR count). The number of carbonyl (C=O) groups excluding carboxylic acids is 1. The minimum Gasteiger partial charge on any atom is -0.396 e. The van der Waals surface area contributed by atoms with Crippen molar-refractivity contribution in [2.45, 2.75) is 39.2 Å². The third kappa shape index (κ3) is 5.97. The van der Waals surface area contributed by atoms with E-state index in [1.54, 1.807) is 11.3 Å². The van der Waals surface area contributed by atoms with Crippen LogP contribution in [-0.4, -0.2) is 35.3 Å². The minimum absolute atomic E-state index is 0.0826. The normalized spacial score (nSPS) is 12.2. The Balaban J connectivity index is 2.13. The van der Waals surface area contributed by atoms with E-state index in [0.717, 1.165) is 17.8 Å². The molecular formula is C12H21N3O2S. The van der Waals surface area contributed by atoms with E-state index in [2.05, 4.69) is 15.6 Å². The maximum atomic E-state index is 11.5. The Bertz CT molecular complexity index is 368. The van der Waals surface area contributed by atoms with Crippen LogP contribution < -0.4 is 10.6 Å². The predicted molar refractivity (Wildman–Crippen MR) is 72.9 cm³/mol. The summed E-state index contributed by atoms with van der Waals surface area (Å²) in [5, 5.41) is 15.4. The van der Waals surface area contributed by atoms with Crippen molar-refractivity contribution < 1.29 is 9.90 Å². The van der Waals surface area contributed by atoms with Crippen LogP contribution in [0.2, 0.25) is 0 Å². The number of nitrogens with one attached hydrogen (secondary N) is 2. The maximum Gasteiger partial charge on any atom is 0.315 e. The zero-order valence-electron chi connectivity index (χ0n) is 10.9. The lowest BCUT2D eigenvalue weighted by Gasteiger charge is -2.13. The van der Waals surface area contributed by atoms with Crippen LogP contribution in [0.15, 0.2) is 6.20 Å². The molecule has 18 heavy (non-hydrogen) atoms. The third-order valence-electron chi connectivity index (χ3n) is 2.47. The number of urea groups is 1. The van der Waals surface area contributed by atoms with Gasteiger partial charge in [0.2, 0.25) is 0 Å². The highest BCUT2D eigenvalue weighted by molar-refractivity contribution is 7.11. The molecule has 6 heteroatoms. The molecule has 0 spiro atoms. The van der Waals surface area contributed by atoms with Gasteiger partial charge in [-0.15, -0.1) is 11.3 Å². The molecule has 0 saturated heterocycles. The molecule has 1 atom stereocenters. The number of aryl methyl sites for hydroxylation is 1. The summed E-state index contributed by atoms with van der Waals surface area (Å²) in [7, 11) is 0. The molecule has 0 aliphatic heterocycles. The first-order valence-electron chi connectivity index (χ1n) is 6.18. The molecule has 0 aliphatic rings. The van der Waals surface area contributed by atoms with Crippen LogP contribution in [0.1, 0.15) is 29.7 Å². The molecule has 1 aromatic heterocycles. The lowest BCUT2D eigenvalue weighted by atomic mass is 10.2. The van der Waals surface area contributed by atoms with E-state index in [1.165, 1.54) is 4.88 Å². The molecule has 1 unspecified atom stereocenters. The van der Waals surface area contributed by atoms with Gasteiger partial charge in [0.25, 0.3) is 0 Å². The Hall–Kier alpha value is -1.14. The van der Waals surface area contributed by atoms with Crippen molar-refractivity contribution in [1.29, 1.82) is 0 Å². The van der Waals surface area contributed by atoms with Gasteiger partial charge in [-0.2, -0.15) is 0 Å². The smallest absolute Gasteiger partial charge is 0.315 e. The van der Waals surface area contributed by atoms with Crippen LogP contribution >= 0.6 is 11.3 Å². The van der Waals surface area contributed by atoms with Crippen molar-refractivity contribution in [2.75, 3.05) is 13.2 Å². The number of nitrogens with zero attached hydrogens (tertiary/aromatic N) is 1. The fraction of sp³-hybridized carbons (Fsp3) is 0.667. The van der Waals surface area contributed by atoms with Crippen LogP contribution in [0.4, 0.5) is 4.79 Å². The molecule has 0 saturated carbocycles. The Morgan fingerprint density at radius 2 is 2.39 bits per heavy atom. The number of amides is 2. The average molecular weight is 271 g/mol. The molecule has 1 heterocycles. The fourth-order valence-corrected chi connectivity index (χ4v) is 2.33. The summed E-state index contributed by atoms with van der Waals surface area (Å²) in [6, 6.07) is -0.0759. The maximum absolute atomic E-state index is 11.5. The number of hydrogen-bond donors (Lipinski definition) is 3. The molecule has 0 aliphatic carbocycles. The van der Waals surface area contributed by atoms with Gasteiger partial charge in [0.15, 0.2) is 0 Å². The quantitative estimate of drug-likeness (QED) is 0.703. The Morgan fingerprint density at radius 1 is 1.61 bits per heavy atom. The molecule has 3 N–H and O–H groups in total. The number of aliphatic hydroxyl groups is 1. The first kappa shape index (κ1) is 14.9. The van der Waals surface area contributed by atoms with Gasteiger partial charge in [-0.3, -0.25) is 0 Å². The highest BCUT2D eigenvalue weighted by atomic mass is 32.1. The molecule has 0 bridgehead atoms. The van der Waals surface area contributed by atoms with Crippen molar-refractivity contribution >= 4 is 17.4 Å². The molecule has 2 amide bonds. The van der Waals surface area contributed by atoms with Gasteiger partial charge in [-0.25, -0.2) is 9.78 Å². The number of carbonyl (C=O) groups is 1.